The summed E-state index contributed by atoms with van der Waals surface area (Å²) >= 11 is 0. The molecule has 0 aliphatic carbocycles. The van der Waals surface area contributed by atoms with E-state index in [4.69, 9.17) is 29.0 Å². The van der Waals surface area contributed by atoms with Crippen LogP contribution in [0.25, 0.3) is 0 Å². The van der Waals surface area contributed by atoms with E-state index < -0.39 is 11.9 Å². The maximum atomic E-state index is 9.10. The van der Waals surface area contributed by atoms with Gasteiger partial charge in [0.15, 0.2) is 0 Å². The Kier molecular flexibility index (Phi) is 7.35. The number of carboxylic acid groups (broad SMARTS) is 2. The smallest absolute Gasteiger partial charge is 0.414 e. The second-order valence-corrected chi connectivity index (χ2v) is 4.57. The van der Waals surface area contributed by atoms with Gasteiger partial charge in [-0.25, -0.2) is 9.59 Å². The van der Waals surface area contributed by atoms with Gasteiger partial charge in [-0.3, -0.25) is 0 Å². The fraction of sp³-hybridized carbons (Fsp3) is 0.250. The highest BCUT2D eigenvalue weighted by Gasteiger charge is 2.05. The van der Waals surface area contributed by atoms with E-state index in [9.17, 15) is 0 Å². The summed E-state index contributed by atoms with van der Waals surface area (Å²) in [5, 5.41) is 18.2. The highest BCUT2D eigenvalue weighted by atomic mass is 16.5. The zero-order chi connectivity index (χ0) is 17.2. The lowest BCUT2D eigenvalue weighted by molar-refractivity contribution is -0.159. The molecule has 124 valence electrons. The highest BCUT2D eigenvalue weighted by Crippen LogP contribution is 2.17. The van der Waals surface area contributed by atoms with Crippen molar-refractivity contribution in [2.24, 2.45) is 0 Å². The van der Waals surface area contributed by atoms with Gasteiger partial charge in [-0.1, -0.05) is 12.1 Å². The molecule has 0 saturated carbocycles. The number of benzene rings is 1. The predicted octanol–water partition coefficient (Wildman–Crippen LogP) is 2.29. The van der Waals surface area contributed by atoms with Gasteiger partial charge in [-0.05, 0) is 36.8 Å². The number of furan rings is 1. The van der Waals surface area contributed by atoms with E-state index >= 15 is 0 Å². The van der Waals surface area contributed by atoms with Gasteiger partial charge in [0.25, 0.3) is 0 Å². The number of methoxy groups -OCH3 is 1. The van der Waals surface area contributed by atoms with Crippen molar-refractivity contribution in [2.75, 3.05) is 7.11 Å². The van der Waals surface area contributed by atoms with Crippen LogP contribution in [0, 0.1) is 0 Å². The lowest BCUT2D eigenvalue weighted by Crippen LogP contribution is -2.17. The van der Waals surface area contributed by atoms with Gasteiger partial charge in [0, 0.05) is 6.04 Å². The van der Waals surface area contributed by atoms with Crippen molar-refractivity contribution >= 4 is 11.9 Å². The molecule has 1 atom stereocenters. The van der Waals surface area contributed by atoms with Gasteiger partial charge in [0.05, 0.1) is 19.9 Å². The monoisotopic (exact) mass is 321 g/mol. The number of ether oxygens (including phenoxy) is 1. The van der Waals surface area contributed by atoms with Crippen molar-refractivity contribution in [1.29, 1.82) is 0 Å². The van der Waals surface area contributed by atoms with Gasteiger partial charge in [-0.15, -0.1) is 0 Å². The van der Waals surface area contributed by atoms with Gasteiger partial charge < -0.3 is 24.7 Å². The number of aliphatic carboxylic acids is 2. The average molecular weight is 321 g/mol. The fourth-order valence-corrected chi connectivity index (χ4v) is 1.68. The highest BCUT2D eigenvalue weighted by molar-refractivity contribution is 6.27. The van der Waals surface area contributed by atoms with E-state index in [1.165, 1.54) is 5.56 Å². The van der Waals surface area contributed by atoms with E-state index in [1.807, 2.05) is 24.3 Å². The van der Waals surface area contributed by atoms with E-state index in [1.54, 1.807) is 13.4 Å². The number of rotatable bonds is 5. The molecule has 3 N–H and O–H groups in total. The van der Waals surface area contributed by atoms with Gasteiger partial charge >= 0.3 is 11.9 Å². The quantitative estimate of drug-likeness (QED) is 0.725. The van der Waals surface area contributed by atoms with Gasteiger partial charge in [-0.2, -0.15) is 0 Å². The Labute approximate surface area is 133 Å². The minimum Gasteiger partial charge on any atom is -0.497 e. The molecule has 7 heteroatoms. The van der Waals surface area contributed by atoms with Crippen LogP contribution in [0.4, 0.5) is 0 Å². The first-order valence-corrected chi connectivity index (χ1v) is 6.80. The summed E-state index contributed by atoms with van der Waals surface area (Å²) < 4.78 is 10.4. The summed E-state index contributed by atoms with van der Waals surface area (Å²) in [6, 6.07) is 12.2. The number of hydrogen-bond acceptors (Lipinski definition) is 5. The molecule has 0 saturated heterocycles. The second-order valence-electron chi connectivity index (χ2n) is 4.57. The molecule has 2 aromatic rings. The molecule has 2 rings (SSSR count). The van der Waals surface area contributed by atoms with Gasteiger partial charge in [0.1, 0.15) is 11.5 Å². The number of hydrogen-bond donors (Lipinski definition) is 3. The van der Waals surface area contributed by atoms with Crippen LogP contribution in [-0.2, 0) is 16.1 Å². The van der Waals surface area contributed by atoms with Gasteiger partial charge in [0.2, 0.25) is 0 Å². The lowest BCUT2D eigenvalue weighted by atomic mass is 10.1. The minimum absolute atomic E-state index is 0.283. The Hall–Kier alpha value is -2.80. The van der Waals surface area contributed by atoms with E-state index in [-0.39, 0.29) is 6.04 Å². The zero-order valence-corrected chi connectivity index (χ0v) is 12.9. The van der Waals surface area contributed by atoms with Crippen LogP contribution in [0.1, 0.15) is 24.3 Å². The Morgan fingerprint density at radius 1 is 1.17 bits per heavy atom. The lowest BCUT2D eigenvalue weighted by Gasteiger charge is -2.13. The number of nitrogens with one attached hydrogen (secondary N) is 1. The third kappa shape index (κ3) is 6.66. The molecule has 0 spiro atoms. The molecule has 0 aliphatic heterocycles. The van der Waals surface area contributed by atoms with Crippen molar-refractivity contribution in [2.45, 2.75) is 19.5 Å². The molecule has 23 heavy (non-hydrogen) atoms. The minimum atomic E-state index is -1.82. The fourth-order valence-electron chi connectivity index (χ4n) is 1.68. The molecular formula is C16H19NO6. The molecule has 0 bridgehead atoms. The summed E-state index contributed by atoms with van der Waals surface area (Å²) in [7, 11) is 1.67. The van der Waals surface area contributed by atoms with Crippen LogP contribution in [-0.4, -0.2) is 29.3 Å². The third-order valence-electron chi connectivity index (χ3n) is 2.96. The Bertz CT molecular complexity index is 594. The molecule has 1 aromatic carbocycles. The third-order valence-corrected chi connectivity index (χ3v) is 2.96. The molecule has 0 amide bonds. The Morgan fingerprint density at radius 2 is 1.78 bits per heavy atom. The maximum absolute atomic E-state index is 9.10. The normalized spacial score (nSPS) is 11.0. The Morgan fingerprint density at radius 3 is 2.22 bits per heavy atom. The molecule has 0 aliphatic rings. The summed E-state index contributed by atoms with van der Waals surface area (Å²) in [5.41, 5.74) is 1.23. The zero-order valence-electron chi connectivity index (χ0n) is 12.9. The summed E-state index contributed by atoms with van der Waals surface area (Å²) in [6.45, 7) is 2.87. The van der Waals surface area contributed by atoms with Crippen LogP contribution in [0.2, 0.25) is 0 Å². The van der Waals surface area contributed by atoms with Crippen molar-refractivity contribution in [3.05, 3.63) is 54.0 Å². The van der Waals surface area contributed by atoms with Crippen LogP contribution in [0.5, 0.6) is 5.75 Å². The van der Waals surface area contributed by atoms with Crippen LogP contribution < -0.4 is 10.1 Å². The summed E-state index contributed by atoms with van der Waals surface area (Å²) in [6.07, 6.45) is 1.69. The summed E-state index contributed by atoms with van der Waals surface area (Å²) in [5.74, 6) is -1.82. The van der Waals surface area contributed by atoms with Crippen LogP contribution in [0.3, 0.4) is 0 Å². The Balaban J connectivity index is 0.000000379. The molecule has 0 fully saturated rings. The SMILES string of the molecule is COc1ccc(C(C)NCc2ccco2)cc1.O=C(O)C(=O)O. The first-order valence-electron chi connectivity index (χ1n) is 6.80. The van der Waals surface area contributed by atoms with Crippen molar-refractivity contribution in [3.8, 4) is 5.75 Å². The van der Waals surface area contributed by atoms with Crippen molar-refractivity contribution in [3.63, 3.8) is 0 Å². The standard InChI is InChI=1S/C14H17NO2.C2H2O4/c1-11(15-10-14-4-3-9-17-14)12-5-7-13(16-2)8-6-12;3-1(4)2(5)6/h3-9,11,15H,10H2,1-2H3;(H,3,4)(H,5,6). The average Bonchev–Trinajstić information content (AvgIpc) is 3.06. The first-order chi connectivity index (χ1) is 10.9. The predicted molar refractivity (Wildman–Crippen MR) is 82.2 cm³/mol. The number of carbonyl (C=O) groups is 2. The largest absolute Gasteiger partial charge is 0.497 e. The van der Waals surface area contributed by atoms with Crippen molar-refractivity contribution in [1.82, 2.24) is 5.32 Å². The number of carboxylic acids is 2. The second kappa shape index (κ2) is 9.26. The molecule has 7 nitrogen and oxygen atoms in total. The van der Waals surface area contributed by atoms with E-state index in [0.717, 1.165) is 18.1 Å². The molecule has 0 radical (unpaired) electrons. The molecular weight excluding hydrogens is 302 g/mol. The van der Waals surface area contributed by atoms with Crippen LogP contribution >= 0.6 is 0 Å². The molecule has 1 heterocycles. The maximum Gasteiger partial charge on any atom is 0.414 e. The molecule has 1 aromatic heterocycles. The van der Waals surface area contributed by atoms with Crippen LogP contribution in [0.15, 0.2) is 47.1 Å². The van der Waals surface area contributed by atoms with E-state index in [0.29, 0.717) is 0 Å². The van der Waals surface area contributed by atoms with Crippen molar-refractivity contribution < 1.29 is 29.0 Å². The summed E-state index contributed by atoms with van der Waals surface area (Å²) in [4.78, 5) is 18.2. The van der Waals surface area contributed by atoms with E-state index in [2.05, 4.69) is 24.4 Å². The molecule has 1 unspecified atom stereocenters. The topological polar surface area (TPSA) is 109 Å². The first kappa shape index (κ1) is 18.2.